The number of carbonyl (C=O) groups excluding carboxylic acids is 1. The molecule has 0 saturated heterocycles. The lowest BCUT2D eigenvalue weighted by Crippen LogP contribution is -2.29. The number of hydrogen-bond acceptors (Lipinski definition) is 4. The van der Waals surface area contributed by atoms with E-state index in [0.29, 0.717) is 28.3 Å². The molecule has 2 heterocycles. The van der Waals surface area contributed by atoms with Crippen molar-refractivity contribution in [2.24, 2.45) is 0 Å². The number of nitrogens with zero attached hydrogens (tertiary/aromatic N) is 3. The van der Waals surface area contributed by atoms with E-state index in [4.69, 9.17) is 27.9 Å². The van der Waals surface area contributed by atoms with Gasteiger partial charge in [0.1, 0.15) is 18.7 Å². The average molecular weight is 389 g/mol. The minimum absolute atomic E-state index is 0.106. The molecule has 3 aromatic rings. The van der Waals surface area contributed by atoms with E-state index in [9.17, 15) is 4.79 Å². The predicted molar refractivity (Wildman–Crippen MR) is 98.6 cm³/mol. The summed E-state index contributed by atoms with van der Waals surface area (Å²) in [4.78, 5) is 15.9. The highest BCUT2D eigenvalue weighted by atomic mass is 35.5. The van der Waals surface area contributed by atoms with E-state index in [-0.39, 0.29) is 18.4 Å². The number of fused-ring (bicyclic) bond motifs is 1. The summed E-state index contributed by atoms with van der Waals surface area (Å²) < 4.78 is 7.47. The standard InChI is InChI=1S/C18H14Cl2N4O2/c19-13-4-2-1-3-12(13)9-26-16-6-5-11(7-14(16)20)15-8-17(25)23-18-21-10-22-24(15)18/h1-7,10,15H,8-9H2,(H,21,22,23,25)/t15-/m0/s1. The molecule has 8 heteroatoms. The van der Waals surface area contributed by atoms with Crippen LogP contribution in [0.15, 0.2) is 48.8 Å². The van der Waals surface area contributed by atoms with E-state index in [1.807, 2.05) is 30.3 Å². The van der Waals surface area contributed by atoms with Crippen LogP contribution in [0.2, 0.25) is 10.0 Å². The van der Waals surface area contributed by atoms with Crippen LogP contribution < -0.4 is 10.1 Å². The molecule has 4 rings (SSSR count). The number of carbonyl (C=O) groups is 1. The van der Waals surface area contributed by atoms with E-state index in [2.05, 4.69) is 15.4 Å². The van der Waals surface area contributed by atoms with E-state index >= 15 is 0 Å². The number of nitrogens with one attached hydrogen (secondary N) is 1. The number of hydrogen-bond donors (Lipinski definition) is 1. The number of anilines is 1. The first-order chi connectivity index (χ1) is 12.6. The quantitative estimate of drug-likeness (QED) is 0.730. The van der Waals surface area contributed by atoms with Gasteiger partial charge in [-0.1, -0.05) is 47.5 Å². The maximum Gasteiger partial charge on any atom is 0.229 e. The van der Waals surface area contributed by atoms with E-state index in [1.54, 1.807) is 16.8 Å². The van der Waals surface area contributed by atoms with Gasteiger partial charge in [0.25, 0.3) is 0 Å². The van der Waals surface area contributed by atoms with E-state index in [1.165, 1.54) is 6.33 Å². The van der Waals surface area contributed by atoms with Gasteiger partial charge in [0.05, 0.1) is 17.5 Å². The van der Waals surface area contributed by atoms with Crippen molar-refractivity contribution in [3.05, 3.63) is 70.0 Å². The fourth-order valence-electron chi connectivity index (χ4n) is 2.88. The maximum atomic E-state index is 11.9. The fraction of sp³-hybridized carbons (Fsp3) is 0.167. The SMILES string of the molecule is O=C1C[C@@H](c2ccc(OCc3ccccc3Cl)c(Cl)c2)n2ncnc2N1. The van der Waals surface area contributed by atoms with E-state index < -0.39 is 0 Å². The molecule has 1 atom stereocenters. The van der Waals surface area contributed by atoms with Crippen molar-refractivity contribution in [3.8, 4) is 5.75 Å². The fourth-order valence-corrected chi connectivity index (χ4v) is 3.31. The summed E-state index contributed by atoms with van der Waals surface area (Å²) in [5, 5.41) is 7.98. The molecule has 1 aromatic heterocycles. The summed E-state index contributed by atoms with van der Waals surface area (Å²) in [6, 6.07) is 12.7. The van der Waals surface area contributed by atoms with Gasteiger partial charge in [0.15, 0.2) is 0 Å². The Morgan fingerprint density at radius 1 is 1.19 bits per heavy atom. The van der Waals surface area contributed by atoms with Crippen molar-refractivity contribution in [3.63, 3.8) is 0 Å². The highest BCUT2D eigenvalue weighted by Gasteiger charge is 2.28. The number of rotatable bonds is 4. The summed E-state index contributed by atoms with van der Waals surface area (Å²) in [5.74, 6) is 0.876. The lowest BCUT2D eigenvalue weighted by Gasteiger charge is -2.24. The molecule has 132 valence electrons. The summed E-state index contributed by atoms with van der Waals surface area (Å²) in [6.45, 7) is 0.317. The zero-order valence-corrected chi connectivity index (χ0v) is 15.0. The second-order valence-electron chi connectivity index (χ2n) is 5.87. The Balaban J connectivity index is 1.55. The third kappa shape index (κ3) is 3.25. The second-order valence-corrected chi connectivity index (χ2v) is 6.68. The molecule has 0 fully saturated rings. The van der Waals surface area contributed by atoms with Crippen LogP contribution in [-0.4, -0.2) is 20.7 Å². The molecule has 6 nitrogen and oxygen atoms in total. The molecule has 1 amide bonds. The van der Waals surface area contributed by atoms with Gasteiger partial charge in [-0.05, 0) is 23.8 Å². The van der Waals surface area contributed by atoms with Gasteiger partial charge in [-0.2, -0.15) is 10.1 Å². The van der Waals surface area contributed by atoms with Crippen LogP contribution in [0.5, 0.6) is 5.75 Å². The predicted octanol–water partition coefficient (Wildman–Crippen LogP) is 4.10. The van der Waals surface area contributed by atoms with Gasteiger partial charge in [-0.3, -0.25) is 10.1 Å². The van der Waals surface area contributed by atoms with Crippen LogP contribution in [0.1, 0.15) is 23.6 Å². The Bertz CT molecular complexity index is 973. The van der Waals surface area contributed by atoms with Crippen LogP contribution in [0.4, 0.5) is 5.95 Å². The zero-order chi connectivity index (χ0) is 18.1. The molecule has 1 N–H and O–H groups in total. The molecular formula is C18H14Cl2N4O2. The average Bonchev–Trinajstić information content (AvgIpc) is 3.09. The number of ether oxygens (including phenoxy) is 1. The summed E-state index contributed by atoms with van der Waals surface area (Å²) in [6.07, 6.45) is 1.68. The van der Waals surface area contributed by atoms with Crippen molar-refractivity contribution in [2.45, 2.75) is 19.1 Å². The number of amides is 1. The highest BCUT2D eigenvalue weighted by molar-refractivity contribution is 6.32. The smallest absolute Gasteiger partial charge is 0.229 e. The summed E-state index contributed by atoms with van der Waals surface area (Å²) in [5.41, 5.74) is 1.74. The topological polar surface area (TPSA) is 69.0 Å². The first-order valence-corrected chi connectivity index (χ1v) is 8.72. The molecule has 0 unspecified atom stereocenters. The lowest BCUT2D eigenvalue weighted by atomic mass is 10.0. The van der Waals surface area contributed by atoms with Crippen LogP contribution in [0.25, 0.3) is 0 Å². The number of benzene rings is 2. The zero-order valence-electron chi connectivity index (χ0n) is 13.5. The van der Waals surface area contributed by atoms with Gasteiger partial charge in [0, 0.05) is 10.6 Å². The summed E-state index contributed by atoms with van der Waals surface area (Å²) >= 11 is 12.5. The Morgan fingerprint density at radius 3 is 2.85 bits per heavy atom. The van der Waals surface area contributed by atoms with Crippen molar-refractivity contribution >= 4 is 35.1 Å². The van der Waals surface area contributed by atoms with Gasteiger partial charge in [0.2, 0.25) is 11.9 Å². The first-order valence-electron chi connectivity index (χ1n) is 7.97. The van der Waals surface area contributed by atoms with Gasteiger partial charge in [-0.25, -0.2) is 4.68 Å². The van der Waals surface area contributed by atoms with Crippen molar-refractivity contribution < 1.29 is 9.53 Å². The highest BCUT2D eigenvalue weighted by Crippen LogP contribution is 2.34. The van der Waals surface area contributed by atoms with E-state index in [0.717, 1.165) is 11.1 Å². The third-order valence-electron chi connectivity index (χ3n) is 4.18. The molecule has 2 aromatic carbocycles. The Hall–Kier alpha value is -2.57. The van der Waals surface area contributed by atoms with Gasteiger partial charge in [-0.15, -0.1) is 0 Å². The normalized spacial score (nSPS) is 16.1. The molecule has 0 bridgehead atoms. The van der Waals surface area contributed by atoms with Crippen molar-refractivity contribution in [1.29, 1.82) is 0 Å². The number of aromatic nitrogens is 3. The molecule has 0 saturated carbocycles. The molecule has 26 heavy (non-hydrogen) atoms. The van der Waals surface area contributed by atoms with Crippen molar-refractivity contribution in [1.82, 2.24) is 14.8 Å². The Labute approximate surface area is 159 Å². The van der Waals surface area contributed by atoms with Crippen LogP contribution in [-0.2, 0) is 11.4 Å². The molecule has 0 aliphatic carbocycles. The lowest BCUT2D eigenvalue weighted by molar-refractivity contribution is -0.117. The monoisotopic (exact) mass is 388 g/mol. The van der Waals surface area contributed by atoms with Gasteiger partial charge < -0.3 is 4.74 Å². The maximum absolute atomic E-state index is 11.9. The first kappa shape index (κ1) is 16.9. The Morgan fingerprint density at radius 2 is 2.04 bits per heavy atom. The largest absolute Gasteiger partial charge is 0.487 e. The van der Waals surface area contributed by atoms with Crippen molar-refractivity contribution in [2.75, 3.05) is 5.32 Å². The van der Waals surface area contributed by atoms with Crippen LogP contribution >= 0.6 is 23.2 Å². The van der Waals surface area contributed by atoms with Crippen LogP contribution in [0, 0.1) is 0 Å². The Kier molecular flexibility index (Phi) is 4.53. The molecule has 0 spiro atoms. The number of halogens is 2. The molecule has 1 aliphatic rings. The van der Waals surface area contributed by atoms with Crippen LogP contribution in [0.3, 0.4) is 0 Å². The molecular weight excluding hydrogens is 375 g/mol. The third-order valence-corrected chi connectivity index (χ3v) is 4.84. The van der Waals surface area contributed by atoms with Gasteiger partial charge >= 0.3 is 0 Å². The second kappa shape index (κ2) is 6.97. The molecule has 1 aliphatic heterocycles. The minimum atomic E-state index is -0.253. The minimum Gasteiger partial charge on any atom is -0.487 e. The molecule has 0 radical (unpaired) electrons. The summed E-state index contributed by atoms with van der Waals surface area (Å²) in [7, 11) is 0.